The molecule has 0 atom stereocenters. The van der Waals surface area contributed by atoms with Crippen molar-refractivity contribution in [3.05, 3.63) is 23.8 Å². The molecule has 3 rings (SSSR count). The normalized spacial score (nSPS) is 16.5. The first-order valence-corrected chi connectivity index (χ1v) is 8.87. The minimum atomic E-state index is 0.323. The maximum absolute atomic E-state index is 5.41. The highest BCUT2D eigenvalue weighted by Gasteiger charge is 2.27. The number of benzene rings is 1. The van der Waals surface area contributed by atoms with E-state index in [0.717, 1.165) is 56.1 Å². The van der Waals surface area contributed by atoms with E-state index in [-0.39, 0.29) is 0 Å². The Morgan fingerprint density at radius 1 is 1.21 bits per heavy atom. The molecule has 0 amide bonds. The monoisotopic (exact) mass is 332 g/mol. The zero-order valence-corrected chi connectivity index (χ0v) is 14.7. The summed E-state index contributed by atoms with van der Waals surface area (Å²) in [5.41, 5.74) is 1.23. The molecule has 0 unspecified atom stereocenters. The second-order valence-electron chi connectivity index (χ2n) is 6.22. The van der Waals surface area contributed by atoms with Crippen molar-refractivity contribution in [3.63, 3.8) is 0 Å². The fourth-order valence-electron chi connectivity index (χ4n) is 3.00. The van der Waals surface area contributed by atoms with Gasteiger partial charge in [-0.2, -0.15) is 0 Å². The fraction of sp³-hybridized carbons (Fsp3) is 0.611. The molecule has 2 aliphatic rings. The maximum atomic E-state index is 5.41. The Morgan fingerprint density at radius 2 is 2.00 bits per heavy atom. The van der Waals surface area contributed by atoms with Crippen molar-refractivity contribution >= 4 is 5.96 Å². The van der Waals surface area contributed by atoms with Crippen molar-refractivity contribution in [1.82, 2.24) is 15.5 Å². The maximum Gasteiger partial charge on any atom is 0.231 e. The number of rotatable bonds is 8. The standard InChI is InChI=1S/C18H28N4O2/c1-3-22(15-5-6-15)11-10-21-18(19-2)20-9-8-14-4-7-16-17(12-14)24-13-23-16/h4,7,12,15H,3,5-6,8-11,13H2,1-2H3,(H2,19,20,21). The Morgan fingerprint density at radius 3 is 2.75 bits per heavy atom. The zero-order valence-electron chi connectivity index (χ0n) is 14.7. The zero-order chi connectivity index (χ0) is 16.8. The van der Waals surface area contributed by atoms with Crippen molar-refractivity contribution in [3.8, 4) is 11.5 Å². The van der Waals surface area contributed by atoms with Crippen LogP contribution in [0.5, 0.6) is 11.5 Å². The van der Waals surface area contributed by atoms with Crippen molar-refractivity contribution in [1.29, 1.82) is 0 Å². The van der Waals surface area contributed by atoms with Gasteiger partial charge in [0.2, 0.25) is 6.79 Å². The van der Waals surface area contributed by atoms with Crippen molar-refractivity contribution in [2.45, 2.75) is 32.2 Å². The summed E-state index contributed by atoms with van der Waals surface area (Å²) < 4.78 is 10.8. The number of nitrogens with zero attached hydrogens (tertiary/aromatic N) is 2. The van der Waals surface area contributed by atoms with Crippen LogP contribution in [0.4, 0.5) is 0 Å². The predicted octanol–water partition coefficient (Wildman–Crippen LogP) is 1.61. The molecule has 0 spiro atoms. The van der Waals surface area contributed by atoms with Crippen LogP contribution in [-0.4, -0.2) is 56.9 Å². The van der Waals surface area contributed by atoms with Crippen LogP contribution in [0.15, 0.2) is 23.2 Å². The molecule has 6 heteroatoms. The van der Waals surface area contributed by atoms with Crippen LogP contribution < -0.4 is 20.1 Å². The van der Waals surface area contributed by atoms with Gasteiger partial charge >= 0.3 is 0 Å². The molecule has 0 radical (unpaired) electrons. The first kappa shape index (κ1) is 16.9. The molecule has 0 aromatic heterocycles. The van der Waals surface area contributed by atoms with Gasteiger partial charge in [-0.15, -0.1) is 0 Å². The van der Waals surface area contributed by atoms with Gasteiger partial charge in [-0.05, 0) is 43.5 Å². The number of likely N-dealkylation sites (N-methyl/N-ethyl adjacent to an activating group) is 1. The Bertz CT molecular complexity index is 572. The van der Waals surface area contributed by atoms with Gasteiger partial charge in [-0.3, -0.25) is 9.89 Å². The molecular formula is C18H28N4O2. The lowest BCUT2D eigenvalue weighted by Gasteiger charge is -2.20. The molecule has 1 aromatic carbocycles. The second kappa shape index (κ2) is 8.24. The third-order valence-corrected chi connectivity index (χ3v) is 4.53. The number of guanidine groups is 1. The topological polar surface area (TPSA) is 58.1 Å². The molecule has 2 N–H and O–H groups in total. The molecule has 1 heterocycles. The van der Waals surface area contributed by atoms with E-state index in [0.29, 0.717) is 6.79 Å². The minimum Gasteiger partial charge on any atom is -0.454 e. The third-order valence-electron chi connectivity index (χ3n) is 4.53. The summed E-state index contributed by atoms with van der Waals surface area (Å²) in [7, 11) is 1.81. The summed E-state index contributed by atoms with van der Waals surface area (Å²) in [6, 6.07) is 6.93. The lowest BCUT2D eigenvalue weighted by atomic mass is 10.1. The van der Waals surface area contributed by atoms with E-state index in [4.69, 9.17) is 9.47 Å². The Hall–Kier alpha value is -1.95. The lowest BCUT2D eigenvalue weighted by Crippen LogP contribution is -2.42. The van der Waals surface area contributed by atoms with Crippen molar-refractivity contribution in [2.24, 2.45) is 4.99 Å². The molecule has 1 aliphatic carbocycles. The number of fused-ring (bicyclic) bond motifs is 1. The summed E-state index contributed by atoms with van der Waals surface area (Å²) in [5, 5.41) is 6.77. The second-order valence-corrected chi connectivity index (χ2v) is 6.22. The molecule has 24 heavy (non-hydrogen) atoms. The van der Waals surface area contributed by atoms with Crippen LogP contribution in [0.2, 0.25) is 0 Å². The van der Waals surface area contributed by atoms with Gasteiger partial charge in [-0.25, -0.2) is 0 Å². The quantitative estimate of drug-likeness (QED) is 0.559. The van der Waals surface area contributed by atoms with E-state index >= 15 is 0 Å². The van der Waals surface area contributed by atoms with Gasteiger partial charge < -0.3 is 20.1 Å². The van der Waals surface area contributed by atoms with Crippen LogP contribution in [0.1, 0.15) is 25.3 Å². The number of hydrogen-bond acceptors (Lipinski definition) is 4. The van der Waals surface area contributed by atoms with Crippen LogP contribution >= 0.6 is 0 Å². The molecule has 1 aliphatic heterocycles. The molecule has 0 bridgehead atoms. The summed E-state index contributed by atoms with van der Waals surface area (Å²) in [6.45, 7) is 6.51. The average Bonchev–Trinajstić information content (AvgIpc) is 3.34. The van der Waals surface area contributed by atoms with Gasteiger partial charge in [0.15, 0.2) is 17.5 Å². The van der Waals surface area contributed by atoms with Crippen LogP contribution in [-0.2, 0) is 6.42 Å². The smallest absolute Gasteiger partial charge is 0.231 e. The van der Waals surface area contributed by atoms with Crippen molar-refractivity contribution < 1.29 is 9.47 Å². The van der Waals surface area contributed by atoms with E-state index < -0.39 is 0 Å². The van der Waals surface area contributed by atoms with Gasteiger partial charge in [0, 0.05) is 32.7 Å². The summed E-state index contributed by atoms with van der Waals surface area (Å²) in [5.74, 6) is 2.54. The average molecular weight is 332 g/mol. The Labute approximate surface area is 144 Å². The third kappa shape index (κ3) is 4.54. The lowest BCUT2D eigenvalue weighted by molar-refractivity contribution is 0.174. The van der Waals surface area contributed by atoms with Crippen LogP contribution in [0, 0.1) is 0 Å². The molecular weight excluding hydrogens is 304 g/mol. The largest absolute Gasteiger partial charge is 0.454 e. The highest BCUT2D eigenvalue weighted by atomic mass is 16.7. The Kier molecular flexibility index (Phi) is 5.80. The Balaban J connectivity index is 1.36. The van der Waals surface area contributed by atoms with Gasteiger partial charge in [0.25, 0.3) is 0 Å². The van der Waals surface area contributed by atoms with Crippen LogP contribution in [0.25, 0.3) is 0 Å². The highest BCUT2D eigenvalue weighted by Crippen LogP contribution is 2.32. The molecule has 6 nitrogen and oxygen atoms in total. The molecule has 1 saturated carbocycles. The fourth-order valence-corrected chi connectivity index (χ4v) is 3.00. The SMILES string of the molecule is CCN(CCNC(=NC)NCCc1ccc2c(c1)OCO2)C1CC1. The van der Waals surface area contributed by atoms with E-state index in [9.17, 15) is 0 Å². The molecule has 0 saturated heterocycles. The summed E-state index contributed by atoms with van der Waals surface area (Å²) >= 11 is 0. The highest BCUT2D eigenvalue weighted by molar-refractivity contribution is 5.79. The number of nitrogens with one attached hydrogen (secondary N) is 2. The van der Waals surface area contributed by atoms with E-state index in [1.165, 1.54) is 18.4 Å². The molecule has 1 aromatic rings. The van der Waals surface area contributed by atoms with E-state index in [2.05, 4.69) is 39.6 Å². The minimum absolute atomic E-state index is 0.323. The van der Waals surface area contributed by atoms with Crippen LogP contribution in [0.3, 0.4) is 0 Å². The number of ether oxygens (including phenoxy) is 2. The van der Waals surface area contributed by atoms with Gasteiger partial charge in [0.05, 0.1) is 0 Å². The van der Waals surface area contributed by atoms with E-state index in [1.54, 1.807) is 0 Å². The molecule has 132 valence electrons. The summed E-state index contributed by atoms with van der Waals surface area (Å²) in [4.78, 5) is 6.83. The van der Waals surface area contributed by atoms with Crippen molar-refractivity contribution in [2.75, 3.05) is 40.0 Å². The number of aliphatic imine (C=N–C) groups is 1. The van der Waals surface area contributed by atoms with Gasteiger partial charge in [-0.1, -0.05) is 13.0 Å². The number of hydrogen-bond donors (Lipinski definition) is 2. The first-order valence-electron chi connectivity index (χ1n) is 8.87. The molecule has 1 fully saturated rings. The van der Waals surface area contributed by atoms with E-state index in [1.807, 2.05) is 13.1 Å². The first-order chi connectivity index (χ1) is 11.8. The summed E-state index contributed by atoms with van der Waals surface area (Å²) in [6.07, 6.45) is 3.63. The van der Waals surface area contributed by atoms with Gasteiger partial charge in [0.1, 0.15) is 0 Å². The predicted molar refractivity (Wildman–Crippen MR) is 95.9 cm³/mol.